The summed E-state index contributed by atoms with van der Waals surface area (Å²) in [6.07, 6.45) is 5.65. The summed E-state index contributed by atoms with van der Waals surface area (Å²) in [6.45, 7) is 3.05. The number of benzene rings is 2. The Labute approximate surface area is 229 Å². The maximum Gasteiger partial charge on any atom is 0.253 e. The zero-order valence-electron chi connectivity index (χ0n) is 22.4. The summed E-state index contributed by atoms with van der Waals surface area (Å²) in [5.41, 5.74) is 4.42. The molecule has 3 heterocycles. The van der Waals surface area contributed by atoms with Crippen LogP contribution in [0.15, 0.2) is 73.1 Å². The summed E-state index contributed by atoms with van der Waals surface area (Å²) in [7, 11) is 1.76. The number of nitrogens with zero attached hydrogens (tertiary/aromatic N) is 2. The van der Waals surface area contributed by atoms with E-state index in [0.717, 1.165) is 54.8 Å². The largest absolute Gasteiger partial charge is 0.392 e. The lowest BCUT2D eigenvalue weighted by Crippen LogP contribution is -2.42. The predicted octanol–water partition coefficient (Wildman–Crippen LogP) is 4.16. The molecule has 2 aromatic carbocycles. The summed E-state index contributed by atoms with van der Waals surface area (Å²) in [5, 5.41) is 12.4. The van der Waals surface area contributed by atoms with Gasteiger partial charge in [0.15, 0.2) is 6.29 Å². The monoisotopic (exact) mass is 531 g/mol. The first kappa shape index (κ1) is 27.4. The quantitative estimate of drug-likeness (QED) is 0.406. The molecule has 0 radical (unpaired) electrons. The number of hydrogen-bond donors (Lipinski definition) is 2. The highest BCUT2D eigenvalue weighted by molar-refractivity contribution is 5.93. The average molecular weight is 532 g/mol. The highest BCUT2D eigenvalue weighted by atomic mass is 16.7. The SMILES string of the molecule is COC[C@@H]1CCCN1C[C@@H]1C[C@H](c2ccc(CO)cc2)O[C@H](c2ccc(CNC(=O)c3cccnc3)cc2)O1. The van der Waals surface area contributed by atoms with Gasteiger partial charge in [-0.05, 0) is 48.2 Å². The third-order valence-electron chi connectivity index (χ3n) is 7.54. The van der Waals surface area contributed by atoms with Gasteiger partial charge < -0.3 is 24.6 Å². The standard InChI is InChI=1S/C31H37N3O5/c1-37-21-27-5-3-15-34(27)19-28-16-29(24-10-8-23(20-35)9-11-24)39-31(38-28)25-12-6-22(7-13-25)17-33-30(36)26-4-2-14-32-18-26/h2,4,6-14,18,27-29,31,35H,3,5,15-17,19-21H2,1H3,(H,33,36)/t27-,28-,29+,31+/m0/s1. The van der Waals surface area contributed by atoms with Crippen molar-refractivity contribution in [3.8, 4) is 0 Å². The molecule has 0 bridgehead atoms. The van der Waals surface area contributed by atoms with Crippen LogP contribution in [0.1, 0.15) is 64.3 Å². The van der Waals surface area contributed by atoms with Crippen molar-refractivity contribution in [3.63, 3.8) is 0 Å². The van der Waals surface area contributed by atoms with Crippen LogP contribution in [0.4, 0.5) is 0 Å². The Morgan fingerprint density at radius 1 is 1.08 bits per heavy atom. The number of methoxy groups -OCH3 is 1. The number of ether oxygens (including phenoxy) is 3. The summed E-state index contributed by atoms with van der Waals surface area (Å²) in [6, 6.07) is 19.9. The molecule has 1 aromatic heterocycles. The van der Waals surface area contributed by atoms with Crippen molar-refractivity contribution in [2.75, 3.05) is 26.8 Å². The number of hydrogen-bond acceptors (Lipinski definition) is 7. The van der Waals surface area contributed by atoms with E-state index in [2.05, 4.69) is 15.2 Å². The van der Waals surface area contributed by atoms with E-state index in [-0.39, 0.29) is 24.7 Å². The van der Waals surface area contributed by atoms with Gasteiger partial charge in [0.05, 0.1) is 31.0 Å². The van der Waals surface area contributed by atoms with Gasteiger partial charge in [-0.3, -0.25) is 14.7 Å². The Bertz CT molecular complexity index is 1190. The lowest BCUT2D eigenvalue weighted by Gasteiger charge is -2.38. The molecule has 4 atom stereocenters. The topological polar surface area (TPSA) is 93.2 Å². The summed E-state index contributed by atoms with van der Waals surface area (Å²) in [5.74, 6) is -0.155. The third-order valence-corrected chi connectivity index (χ3v) is 7.54. The third kappa shape index (κ3) is 7.09. The van der Waals surface area contributed by atoms with E-state index >= 15 is 0 Å². The van der Waals surface area contributed by atoms with Gasteiger partial charge in [-0.15, -0.1) is 0 Å². The average Bonchev–Trinajstić information content (AvgIpc) is 3.43. The fourth-order valence-corrected chi connectivity index (χ4v) is 5.39. The Kier molecular flexibility index (Phi) is 9.34. The van der Waals surface area contributed by atoms with E-state index in [0.29, 0.717) is 18.2 Å². The maximum absolute atomic E-state index is 12.4. The molecule has 39 heavy (non-hydrogen) atoms. The molecule has 2 aliphatic heterocycles. The van der Waals surface area contributed by atoms with Gasteiger partial charge in [0.1, 0.15) is 0 Å². The van der Waals surface area contributed by atoms with Gasteiger partial charge >= 0.3 is 0 Å². The van der Waals surface area contributed by atoms with Gasteiger partial charge in [0.25, 0.3) is 5.91 Å². The van der Waals surface area contributed by atoms with Crippen LogP contribution in [0.3, 0.4) is 0 Å². The molecule has 2 N–H and O–H groups in total. The number of carbonyl (C=O) groups is 1. The van der Waals surface area contributed by atoms with E-state index in [1.165, 1.54) is 6.42 Å². The lowest BCUT2D eigenvalue weighted by atomic mass is 9.99. The molecular weight excluding hydrogens is 494 g/mol. The number of aromatic nitrogens is 1. The van der Waals surface area contributed by atoms with Gasteiger partial charge in [0, 0.05) is 50.6 Å². The Balaban J connectivity index is 1.28. The Morgan fingerprint density at radius 2 is 1.85 bits per heavy atom. The first-order valence-electron chi connectivity index (χ1n) is 13.6. The molecule has 5 rings (SSSR count). The number of amides is 1. The van der Waals surface area contributed by atoms with Crippen molar-refractivity contribution in [1.82, 2.24) is 15.2 Å². The van der Waals surface area contributed by atoms with E-state index < -0.39 is 6.29 Å². The van der Waals surface area contributed by atoms with Gasteiger partial charge in [-0.1, -0.05) is 48.5 Å². The molecule has 3 aromatic rings. The minimum absolute atomic E-state index is 0.00201. The van der Waals surface area contributed by atoms with Gasteiger partial charge in [-0.2, -0.15) is 0 Å². The Hall–Kier alpha value is -3.14. The minimum atomic E-state index is -0.506. The number of aliphatic hydroxyl groups excluding tert-OH is 1. The van der Waals surface area contributed by atoms with Crippen LogP contribution in [-0.4, -0.2) is 59.8 Å². The molecule has 206 valence electrons. The zero-order chi connectivity index (χ0) is 27.0. The normalized spacial score (nSPS) is 23.5. The second-order valence-electron chi connectivity index (χ2n) is 10.3. The summed E-state index contributed by atoms with van der Waals surface area (Å²) in [4.78, 5) is 18.9. The number of pyridine rings is 1. The van der Waals surface area contributed by atoms with E-state index in [9.17, 15) is 9.90 Å². The summed E-state index contributed by atoms with van der Waals surface area (Å²) < 4.78 is 18.5. The smallest absolute Gasteiger partial charge is 0.253 e. The summed E-state index contributed by atoms with van der Waals surface area (Å²) >= 11 is 0. The Morgan fingerprint density at radius 3 is 2.56 bits per heavy atom. The molecule has 0 unspecified atom stereocenters. The second-order valence-corrected chi connectivity index (χ2v) is 10.3. The van der Waals surface area contributed by atoms with Crippen molar-refractivity contribution in [2.24, 2.45) is 0 Å². The fraction of sp³-hybridized carbons (Fsp3) is 0.419. The zero-order valence-corrected chi connectivity index (χ0v) is 22.4. The number of aliphatic hydroxyl groups is 1. The second kappa shape index (κ2) is 13.3. The van der Waals surface area contributed by atoms with Gasteiger partial charge in [0.2, 0.25) is 0 Å². The van der Waals surface area contributed by atoms with E-state index in [1.54, 1.807) is 31.6 Å². The lowest BCUT2D eigenvalue weighted by molar-refractivity contribution is -0.253. The first-order valence-corrected chi connectivity index (χ1v) is 13.6. The van der Waals surface area contributed by atoms with Crippen molar-refractivity contribution >= 4 is 5.91 Å². The predicted molar refractivity (Wildman–Crippen MR) is 147 cm³/mol. The molecule has 8 heteroatoms. The van der Waals surface area contributed by atoms with Crippen molar-refractivity contribution in [3.05, 3.63) is 101 Å². The van der Waals surface area contributed by atoms with Crippen LogP contribution < -0.4 is 5.32 Å². The fourth-order valence-electron chi connectivity index (χ4n) is 5.39. The number of nitrogens with one attached hydrogen (secondary N) is 1. The molecule has 8 nitrogen and oxygen atoms in total. The van der Waals surface area contributed by atoms with Crippen LogP contribution in [-0.2, 0) is 27.4 Å². The van der Waals surface area contributed by atoms with Crippen LogP contribution in [0.2, 0.25) is 0 Å². The van der Waals surface area contributed by atoms with E-state index in [4.69, 9.17) is 14.2 Å². The van der Waals surface area contributed by atoms with Crippen molar-refractivity contribution in [1.29, 1.82) is 0 Å². The molecule has 2 saturated heterocycles. The van der Waals surface area contributed by atoms with Crippen molar-refractivity contribution < 1.29 is 24.1 Å². The first-order chi connectivity index (χ1) is 19.1. The van der Waals surface area contributed by atoms with Crippen LogP contribution in [0, 0.1) is 0 Å². The number of rotatable bonds is 10. The number of likely N-dealkylation sites (tertiary alicyclic amines) is 1. The van der Waals surface area contributed by atoms with E-state index in [1.807, 2.05) is 48.5 Å². The van der Waals surface area contributed by atoms with Crippen LogP contribution in [0.5, 0.6) is 0 Å². The van der Waals surface area contributed by atoms with Crippen LogP contribution >= 0.6 is 0 Å². The minimum Gasteiger partial charge on any atom is -0.392 e. The van der Waals surface area contributed by atoms with Gasteiger partial charge in [-0.25, -0.2) is 0 Å². The molecule has 0 spiro atoms. The molecule has 2 fully saturated rings. The molecular formula is C31H37N3O5. The maximum atomic E-state index is 12.4. The molecule has 0 saturated carbocycles. The van der Waals surface area contributed by atoms with Crippen molar-refractivity contribution in [2.45, 2.75) is 57.0 Å². The van der Waals surface area contributed by atoms with Crippen LogP contribution in [0.25, 0.3) is 0 Å². The molecule has 2 aliphatic rings. The highest BCUT2D eigenvalue weighted by Gasteiger charge is 2.35. The molecule has 1 amide bonds. The molecule has 0 aliphatic carbocycles. The number of carbonyl (C=O) groups excluding carboxylic acids is 1. The highest BCUT2D eigenvalue weighted by Crippen LogP contribution is 2.38.